The number of carbonyl (C=O) groups is 2. The molecule has 0 unspecified atom stereocenters. The Hall–Kier alpha value is -2.41. The van der Waals surface area contributed by atoms with Crippen LogP contribution in [0.2, 0.25) is 0 Å². The van der Waals surface area contributed by atoms with E-state index in [0.29, 0.717) is 11.5 Å². The molecule has 3 aliphatic carbocycles. The lowest BCUT2D eigenvalue weighted by molar-refractivity contribution is -0.137. The predicted octanol–water partition coefficient (Wildman–Crippen LogP) is 6.15. The maximum atomic E-state index is 13.5. The number of ether oxygens (including phenoxy) is 1. The van der Waals surface area contributed by atoms with Gasteiger partial charge in [-0.25, -0.2) is 4.79 Å². The third-order valence-electron chi connectivity index (χ3n) is 8.42. The Morgan fingerprint density at radius 2 is 1.71 bits per heavy atom. The lowest BCUT2D eigenvalue weighted by Gasteiger charge is -2.30. The molecule has 0 bridgehead atoms. The second-order valence-corrected chi connectivity index (χ2v) is 11.3. The molecule has 2 fully saturated rings. The molecule has 6 atom stereocenters. The molecule has 0 aliphatic heterocycles. The van der Waals surface area contributed by atoms with Gasteiger partial charge >= 0.3 is 12.1 Å². The molecule has 0 saturated heterocycles. The third kappa shape index (κ3) is 4.59. The number of carbonyl (C=O) groups excluding carboxylic acids is 2. The number of benzene rings is 1. The minimum Gasteiger partial charge on any atom is -0.458 e. The summed E-state index contributed by atoms with van der Waals surface area (Å²) in [6, 6.07) is 3.85. The molecular formula is C28H33F3O4. The number of hydrogen-bond donors (Lipinski definition) is 1. The van der Waals surface area contributed by atoms with Gasteiger partial charge in [-0.1, -0.05) is 38.5 Å². The third-order valence-corrected chi connectivity index (χ3v) is 8.42. The molecule has 2 saturated carbocycles. The van der Waals surface area contributed by atoms with Crippen molar-refractivity contribution in [3.8, 4) is 0 Å². The van der Waals surface area contributed by atoms with Crippen LogP contribution in [0.4, 0.5) is 13.2 Å². The zero-order chi connectivity index (χ0) is 25.9. The summed E-state index contributed by atoms with van der Waals surface area (Å²) in [6.07, 6.45) is 0.490. The minimum absolute atomic E-state index is 0.0114. The van der Waals surface area contributed by atoms with Gasteiger partial charge in [0.2, 0.25) is 0 Å². The summed E-state index contributed by atoms with van der Waals surface area (Å²) in [4.78, 5) is 26.4. The Balaban J connectivity index is 1.63. The van der Waals surface area contributed by atoms with Gasteiger partial charge in [-0.2, -0.15) is 13.2 Å². The molecule has 0 radical (unpaired) electrons. The second-order valence-electron chi connectivity index (χ2n) is 11.3. The summed E-state index contributed by atoms with van der Waals surface area (Å²) in [5, 5.41) is 11.7. The number of Topliss-reactive ketones (excluding diaryl/α,β-unsaturated/α-hetero) is 1. The summed E-state index contributed by atoms with van der Waals surface area (Å²) in [7, 11) is 0. The van der Waals surface area contributed by atoms with Crippen LogP contribution in [0.15, 0.2) is 47.6 Å². The van der Waals surface area contributed by atoms with Gasteiger partial charge in [0.15, 0.2) is 5.78 Å². The fraction of sp³-hybridized carbons (Fsp3) is 0.571. The van der Waals surface area contributed by atoms with E-state index in [1.807, 2.05) is 26.0 Å². The van der Waals surface area contributed by atoms with Crippen LogP contribution in [0.5, 0.6) is 0 Å². The number of rotatable bonds is 2. The van der Waals surface area contributed by atoms with E-state index in [2.05, 4.69) is 13.8 Å². The van der Waals surface area contributed by atoms with E-state index in [-0.39, 0.29) is 35.0 Å². The van der Waals surface area contributed by atoms with Crippen molar-refractivity contribution in [3.05, 3.63) is 58.7 Å². The summed E-state index contributed by atoms with van der Waals surface area (Å²) in [6.45, 7) is 9.92. The van der Waals surface area contributed by atoms with Crippen molar-refractivity contribution in [2.24, 2.45) is 29.1 Å². The van der Waals surface area contributed by atoms with Crippen LogP contribution in [-0.2, 0) is 15.7 Å². The summed E-state index contributed by atoms with van der Waals surface area (Å²) in [5.74, 6) is -1.44. The van der Waals surface area contributed by atoms with Gasteiger partial charge in [0.1, 0.15) is 11.7 Å². The highest BCUT2D eigenvalue weighted by Gasteiger charge is 2.59. The number of esters is 1. The molecule has 1 aromatic carbocycles. The molecule has 35 heavy (non-hydrogen) atoms. The van der Waals surface area contributed by atoms with Crippen molar-refractivity contribution >= 4 is 11.8 Å². The Kier molecular flexibility index (Phi) is 6.32. The first kappa shape index (κ1) is 25.7. The lowest BCUT2D eigenvalue weighted by Crippen LogP contribution is -2.45. The van der Waals surface area contributed by atoms with Gasteiger partial charge in [-0.05, 0) is 86.1 Å². The Bertz CT molecular complexity index is 1080. The highest BCUT2D eigenvalue weighted by atomic mass is 19.4. The maximum Gasteiger partial charge on any atom is 0.416 e. The first-order valence-corrected chi connectivity index (χ1v) is 12.2. The Labute approximate surface area is 204 Å². The number of alkyl halides is 3. The standard InChI is InChI=1S/C28H33F3O4/c1-15-6-11-20-21(26(20,4)5)13-16(2)24(32)27(34)14-17(3)23(22(27)12-15)35-25(33)18-7-9-19(10-8-18)28(29,30)31/h7-10,12-13,17,20-23,34H,6,11,14H2,1-5H3/b15-12-,16-13+/t17-,20-,21+,22-,23-,27+/m0/s1. The average molecular weight is 491 g/mol. The largest absolute Gasteiger partial charge is 0.458 e. The van der Waals surface area contributed by atoms with Crippen molar-refractivity contribution in [2.75, 3.05) is 0 Å². The van der Waals surface area contributed by atoms with E-state index < -0.39 is 35.3 Å². The molecule has 0 aromatic heterocycles. The molecule has 0 amide bonds. The highest BCUT2D eigenvalue weighted by molar-refractivity contribution is 6.02. The van der Waals surface area contributed by atoms with Crippen LogP contribution < -0.4 is 0 Å². The molecule has 3 aliphatic rings. The number of allylic oxidation sites excluding steroid dienone is 2. The molecule has 1 aromatic rings. The lowest BCUT2D eigenvalue weighted by atomic mass is 9.81. The van der Waals surface area contributed by atoms with Crippen molar-refractivity contribution in [3.63, 3.8) is 0 Å². The van der Waals surface area contributed by atoms with Crippen LogP contribution in [-0.4, -0.2) is 28.6 Å². The van der Waals surface area contributed by atoms with Crippen LogP contribution in [0.25, 0.3) is 0 Å². The fourth-order valence-corrected chi connectivity index (χ4v) is 6.15. The number of ketones is 1. The minimum atomic E-state index is -4.50. The van der Waals surface area contributed by atoms with E-state index in [1.54, 1.807) is 6.92 Å². The first-order chi connectivity index (χ1) is 16.2. The Morgan fingerprint density at radius 3 is 2.31 bits per heavy atom. The molecule has 0 spiro atoms. The SMILES string of the molecule is C/C1=C/[C@H]2[C@@H](OC(=O)c3ccc(C(F)(F)F)cc3)[C@@H](C)C[C@]2(O)C(=O)/C(C)=C/[C@@H]2[C@H](CC1)C2(C)C. The topological polar surface area (TPSA) is 63.6 Å². The van der Waals surface area contributed by atoms with E-state index in [9.17, 15) is 27.9 Å². The molecule has 4 rings (SSSR count). The van der Waals surface area contributed by atoms with Gasteiger partial charge in [0.05, 0.1) is 17.0 Å². The van der Waals surface area contributed by atoms with Crippen LogP contribution in [0.1, 0.15) is 69.8 Å². The zero-order valence-corrected chi connectivity index (χ0v) is 20.8. The molecule has 7 heteroatoms. The smallest absolute Gasteiger partial charge is 0.416 e. The monoisotopic (exact) mass is 490 g/mol. The van der Waals surface area contributed by atoms with Gasteiger partial charge in [-0.15, -0.1) is 0 Å². The quantitative estimate of drug-likeness (QED) is 0.399. The van der Waals surface area contributed by atoms with E-state index >= 15 is 0 Å². The Morgan fingerprint density at radius 1 is 1.09 bits per heavy atom. The van der Waals surface area contributed by atoms with Gasteiger partial charge in [0, 0.05) is 0 Å². The number of hydrogen-bond acceptors (Lipinski definition) is 4. The molecule has 0 heterocycles. The van der Waals surface area contributed by atoms with Crippen molar-refractivity contribution in [2.45, 2.75) is 71.8 Å². The second kappa shape index (κ2) is 8.61. The van der Waals surface area contributed by atoms with Crippen LogP contribution in [0.3, 0.4) is 0 Å². The molecule has 1 N–H and O–H groups in total. The fourth-order valence-electron chi connectivity index (χ4n) is 6.15. The summed E-state index contributed by atoms with van der Waals surface area (Å²) >= 11 is 0. The summed E-state index contributed by atoms with van der Waals surface area (Å²) < 4.78 is 44.4. The molecule has 4 nitrogen and oxygen atoms in total. The summed E-state index contributed by atoms with van der Waals surface area (Å²) in [5.41, 5.74) is -0.923. The van der Waals surface area contributed by atoms with Crippen molar-refractivity contribution in [1.82, 2.24) is 0 Å². The van der Waals surface area contributed by atoms with E-state index in [1.165, 1.54) is 0 Å². The van der Waals surface area contributed by atoms with Gasteiger partial charge < -0.3 is 9.84 Å². The van der Waals surface area contributed by atoms with Crippen LogP contribution >= 0.6 is 0 Å². The molecular weight excluding hydrogens is 457 g/mol. The number of halogens is 3. The van der Waals surface area contributed by atoms with Crippen LogP contribution in [0, 0.1) is 29.1 Å². The average Bonchev–Trinajstić information content (AvgIpc) is 3.20. The van der Waals surface area contributed by atoms with Crippen molar-refractivity contribution in [1.29, 1.82) is 0 Å². The predicted molar refractivity (Wildman–Crippen MR) is 125 cm³/mol. The van der Waals surface area contributed by atoms with Crippen molar-refractivity contribution < 1.29 is 32.6 Å². The maximum absolute atomic E-state index is 13.5. The number of fused-ring (bicyclic) bond motifs is 2. The number of aliphatic hydroxyl groups is 1. The first-order valence-electron chi connectivity index (χ1n) is 12.2. The van der Waals surface area contributed by atoms with Gasteiger partial charge in [0.25, 0.3) is 0 Å². The van der Waals surface area contributed by atoms with E-state index in [0.717, 1.165) is 42.7 Å². The highest BCUT2D eigenvalue weighted by Crippen LogP contribution is 2.62. The van der Waals surface area contributed by atoms with Gasteiger partial charge in [-0.3, -0.25) is 4.79 Å². The van der Waals surface area contributed by atoms with E-state index in [4.69, 9.17) is 4.74 Å². The zero-order valence-electron chi connectivity index (χ0n) is 20.8. The molecule has 190 valence electrons. The normalized spacial score (nSPS) is 37.6.